The summed E-state index contributed by atoms with van der Waals surface area (Å²) < 4.78 is 1.64. The van der Waals surface area contributed by atoms with Crippen LogP contribution in [0.25, 0.3) is 5.69 Å². The Kier molecular flexibility index (Phi) is 4.35. The van der Waals surface area contributed by atoms with Gasteiger partial charge in [-0.05, 0) is 29.8 Å². The lowest BCUT2D eigenvalue weighted by molar-refractivity contribution is 0.262. The van der Waals surface area contributed by atoms with Gasteiger partial charge in [-0.3, -0.25) is 0 Å². The largest absolute Gasteiger partial charge is 0.392 e. The molecule has 0 saturated carbocycles. The van der Waals surface area contributed by atoms with Crippen LogP contribution in [0.15, 0.2) is 67.0 Å². The van der Waals surface area contributed by atoms with Gasteiger partial charge in [0, 0.05) is 5.69 Å². The molecule has 1 heterocycles. The molecule has 0 aliphatic heterocycles. The van der Waals surface area contributed by atoms with E-state index in [4.69, 9.17) is 0 Å². The van der Waals surface area contributed by atoms with E-state index in [0.29, 0.717) is 11.4 Å². The van der Waals surface area contributed by atoms with Crippen LogP contribution in [0.1, 0.15) is 5.56 Å². The van der Waals surface area contributed by atoms with Gasteiger partial charge in [-0.25, -0.2) is 9.48 Å². The highest BCUT2D eigenvalue weighted by molar-refractivity contribution is 5.99. The highest BCUT2D eigenvalue weighted by atomic mass is 16.3. The molecule has 1 aromatic heterocycles. The molecule has 6 nitrogen and oxygen atoms in total. The number of carbonyl (C=O) groups excluding carboxylic acids is 1. The van der Waals surface area contributed by atoms with Gasteiger partial charge in [0.25, 0.3) is 0 Å². The first-order valence-corrected chi connectivity index (χ1v) is 7.12. The molecule has 116 valence electrons. The predicted molar refractivity (Wildman–Crippen MR) is 88.6 cm³/mol. The molecule has 23 heavy (non-hydrogen) atoms. The molecule has 2 aromatic carbocycles. The molecule has 0 aliphatic rings. The summed E-state index contributed by atoms with van der Waals surface area (Å²) in [7, 11) is 0. The molecule has 0 radical (unpaired) electrons. The Hall–Kier alpha value is -3.12. The van der Waals surface area contributed by atoms with Gasteiger partial charge in [0.2, 0.25) is 0 Å². The van der Waals surface area contributed by atoms with Crippen LogP contribution in [-0.2, 0) is 6.61 Å². The number of nitrogens with one attached hydrogen (secondary N) is 2. The first-order chi connectivity index (χ1) is 11.2. The fourth-order valence-electron chi connectivity index (χ4n) is 2.14. The highest BCUT2D eigenvalue weighted by Gasteiger charge is 2.06. The maximum Gasteiger partial charge on any atom is 0.323 e. The molecule has 3 aromatic rings. The molecule has 0 bridgehead atoms. The molecule has 3 N–H and O–H groups in total. The van der Waals surface area contributed by atoms with Crippen molar-refractivity contribution in [3.8, 4) is 5.69 Å². The molecule has 2 amide bonds. The van der Waals surface area contributed by atoms with E-state index in [9.17, 15) is 9.90 Å². The number of aliphatic hydroxyl groups is 1. The van der Waals surface area contributed by atoms with E-state index in [0.717, 1.165) is 11.3 Å². The lowest BCUT2D eigenvalue weighted by Crippen LogP contribution is -2.18. The average molecular weight is 308 g/mol. The lowest BCUT2D eigenvalue weighted by atomic mass is 10.2. The molecule has 3 rings (SSSR count). The van der Waals surface area contributed by atoms with E-state index in [1.807, 2.05) is 54.6 Å². The van der Waals surface area contributed by atoms with Crippen LogP contribution in [0, 0.1) is 0 Å². The third-order valence-corrected chi connectivity index (χ3v) is 3.23. The first kappa shape index (κ1) is 14.8. The molecule has 0 fully saturated rings. The summed E-state index contributed by atoms with van der Waals surface area (Å²) >= 11 is 0. The van der Waals surface area contributed by atoms with Gasteiger partial charge in [-0.1, -0.05) is 30.3 Å². The number of benzene rings is 2. The van der Waals surface area contributed by atoms with Crippen molar-refractivity contribution < 1.29 is 9.90 Å². The summed E-state index contributed by atoms with van der Waals surface area (Å²) in [5, 5.41) is 18.9. The van der Waals surface area contributed by atoms with Crippen molar-refractivity contribution in [2.24, 2.45) is 0 Å². The minimum Gasteiger partial charge on any atom is -0.392 e. The van der Waals surface area contributed by atoms with Crippen LogP contribution in [0.4, 0.5) is 16.2 Å². The van der Waals surface area contributed by atoms with Crippen molar-refractivity contribution in [3.05, 3.63) is 72.6 Å². The third kappa shape index (κ3) is 3.75. The number of aliphatic hydroxyl groups excluding tert-OH is 1. The second-order valence-corrected chi connectivity index (χ2v) is 4.95. The predicted octanol–water partition coefficient (Wildman–Crippen LogP) is 3.01. The SMILES string of the molecule is O=C(Nc1ccccc1)Nc1cnn(-c2cccc(CO)c2)c1. The van der Waals surface area contributed by atoms with Crippen LogP contribution < -0.4 is 10.6 Å². The van der Waals surface area contributed by atoms with Crippen LogP contribution in [-0.4, -0.2) is 20.9 Å². The number of carbonyl (C=O) groups is 1. The Labute approximate surface area is 133 Å². The number of aromatic nitrogens is 2. The maximum atomic E-state index is 11.9. The van der Waals surface area contributed by atoms with Gasteiger partial charge >= 0.3 is 6.03 Å². The van der Waals surface area contributed by atoms with Crippen LogP contribution in [0.3, 0.4) is 0 Å². The van der Waals surface area contributed by atoms with Gasteiger partial charge in [0.1, 0.15) is 0 Å². The van der Waals surface area contributed by atoms with Crippen molar-refractivity contribution >= 4 is 17.4 Å². The molecule has 6 heteroatoms. The normalized spacial score (nSPS) is 10.3. The minimum absolute atomic E-state index is 0.0281. The zero-order valence-electron chi connectivity index (χ0n) is 12.3. The lowest BCUT2D eigenvalue weighted by Gasteiger charge is -2.05. The Bertz CT molecular complexity index is 799. The van der Waals surface area contributed by atoms with E-state index in [1.54, 1.807) is 17.1 Å². The summed E-state index contributed by atoms with van der Waals surface area (Å²) in [5.41, 5.74) is 2.91. The summed E-state index contributed by atoms with van der Waals surface area (Å²) in [4.78, 5) is 11.9. The van der Waals surface area contributed by atoms with Gasteiger partial charge in [-0.2, -0.15) is 5.10 Å². The molecule has 0 unspecified atom stereocenters. The smallest absolute Gasteiger partial charge is 0.323 e. The minimum atomic E-state index is -0.333. The third-order valence-electron chi connectivity index (χ3n) is 3.23. The van der Waals surface area contributed by atoms with E-state index in [-0.39, 0.29) is 12.6 Å². The Balaban J connectivity index is 1.68. The Morgan fingerprint density at radius 1 is 1.04 bits per heavy atom. The zero-order valence-corrected chi connectivity index (χ0v) is 12.3. The second-order valence-electron chi connectivity index (χ2n) is 4.95. The fourth-order valence-corrected chi connectivity index (χ4v) is 2.14. The molecule has 0 aliphatic carbocycles. The van der Waals surface area contributed by atoms with E-state index in [1.165, 1.54) is 0 Å². The number of amides is 2. The zero-order chi connectivity index (χ0) is 16.1. The Morgan fingerprint density at radius 3 is 2.61 bits per heavy atom. The van der Waals surface area contributed by atoms with Crippen LogP contribution >= 0.6 is 0 Å². The average Bonchev–Trinajstić information content (AvgIpc) is 3.04. The van der Waals surface area contributed by atoms with Gasteiger partial charge in [-0.15, -0.1) is 0 Å². The second kappa shape index (κ2) is 6.76. The van der Waals surface area contributed by atoms with Crippen LogP contribution in [0.5, 0.6) is 0 Å². The van der Waals surface area contributed by atoms with Crippen molar-refractivity contribution in [2.45, 2.75) is 6.61 Å². The standard InChI is InChI=1S/C17H16N4O2/c22-12-13-5-4-8-16(9-13)21-11-15(10-18-21)20-17(23)19-14-6-2-1-3-7-14/h1-11,22H,12H2,(H2,19,20,23). The van der Waals surface area contributed by atoms with E-state index < -0.39 is 0 Å². The van der Waals surface area contributed by atoms with Gasteiger partial charge in [0.15, 0.2) is 0 Å². The van der Waals surface area contributed by atoms with Gasteiger partial charge < -0.3 is 15.7 Å². The number of hydrogen-bond donors (Lipinski definition) is 3. The molecule has 0 atom stereocenters. The maximum absolute atomic E-state index is 11.9. The number of urea groups is 1. The van der Waals surface area contributed by atoms with Crippen LogP contribution in [0.2, 0.25) is 0 Å². The number of rotatable bonds is 4. The summed E-state index contributed by atoms with van der Waals surface area (Å²) in [6.07, 6.45) is 3.28. The monoisotopic (exact) mass is 308 g/mol. The quantitative estimate of drug-likeness (QED) is 0.693. The fraction of sp³-hybridized carbons (Fsp3) is 0.0588. The Morgan fingerprint density at radius 2 is 1.83 bits per heavy atom. The van der Waals surface area contributed by atoms with Crippen molar-refractivity contribution in [2.75, 3.05) is 10.6 Å². The van der Waals surface area contributed by atoms with Crippen molar-refractivity contribution in [1.82, 2.24) is 9.78 Å². The highest BCUT2D eigenvalue weighted by Crippen LogP contribution is 2.14. The first-order valence-electron chi connectivity index (χ1n) is 7.12. The summed E-state index contributed by atoms with van der Waals surface area (Å²) in [5.74, 6) is 0. The number of para-hydroxylation sites is 1. The molecular weight excluding hydrogens is 292 g/mol. The summed E-state index contributed by atoms with van der Waals surface area (Å²) in [6.45, 7) is -0.0281. The molecule has 0 saturated heterocycles. The topological polar surface area (TPSA) is 79.2 Å². The van der Waals surface area contributed by atoms with Gasteiger partial charge in [0.05, 0.1) is 30.4 Å². The molecule has 0 spiro atoms. The number of hydrogen-bond acceptors (Lipinski definition) is 3. The van der Waals surface area contributed by atoms with E-state index in [2.05, 4.69) is 15.7 Å². The number of anilines is 2. The summed E-state index contributed by atoms with van der Waals surface area (Å²) in [6, 6.07) is 16.3. The number of nitrogens with zero attached hydrogens (tertiary/aromatic N) is 2. The van der Waals surface area contributed by atoms with E-state index >= 15 is 0 Å². The van der Waals surface area contributed by atoms with Crippen molar-refractivity contribution in [1.29, 1.82) is 0 Å². The molecular formula is C17H16N4O2. The van der Waals surface area contributed by atoms with Crippen molar-refractivity contribution in [3.63, 3.8) is 0 Å².